The van der Waals surface area contributed by atoms with E-state index in [2.05, 4.69) is 13.8 Å². The van der Waals surface area contributed by atoms with Crippen molar-refractivity contribution in [3.05, 3.63) is 38.9 Å². The third-order valence-electron chi connectivity index (χ3n) is 3.21. The van der Waals surface area contributed by atoms with Gasteiger partial charge in [0.05, 0.1) is 9.95 Å². The molecule has 1 atom stereocenters. The molecular formula is C12H17ClN2O2. The SMILES string of the molecule is CCC(C)(CN)Cc1ccc([N+](=O)[O-])cc1Cl. The van der Waals surface area contributed by atoms with Gasteiger partial charge in [0.25, 0.3) is 5.69 Å². The summed E-state index contributed by atoms with van der Waals surface area (Å²) in [5.41, 5.74) is 6.66. The molecule has 1 unspecified atom stereocenters. The third kappa shape index (κ3) is 3.41. The van der Waals surface area contributed by atoms with Crippen LogP contribution in [0.25, 0.3) is 0 Å². The van der Waals surface area contributed by atoms with Gasteiger partial charge in [-0.3, -0.25) is 10.1 Å². The topological polar surface area (TPSA) is 69.2 Å². The molecular weight excluding hydrogens is 240 g/mol. The summed E-state index contributed by atoms with van der Waals surface area (Å²) in [7, 11) is 0. The molecule has 5 heteroatoms. The van der Waals surface area contributed by atoms with Crippen LogP contribution in [-0.2, 0) is 6.42 Å². The van der Waals surface area contributed by atoms with Crippen molar-refractivity contribution in [1.82, 2.24) is 0 Å². The third-order valence-corrected chi connectivity index (χ3v) is 3.56. The second-order valence-electron chi connectivity index (χ2n) is 4.58. The molecule has 0 heterocycles. The van der Waals surface area contributed by atoms with Crippen molar-refractivity contribution in [2.24, 2.45) is 11.1 Å². The summed E-state index contributed by atoms with van der Waals surface area (Å²) >= 11 is 6.05. The number of nitrogens with zero attached hydrogens (tertiary/aromatic N) is 1. The fraction of sp³-hybridized carbons (Fsp3) is 0.500. The van der Waals surface area contributed by atoms with Crippen LogP contribution in [0.2, 0.25) is 5.02 Å². The minimum Gasteiger partial charge on any atom is -0.330 e. The highest BCUT2D eigenvalue weighted by Gasteiger charge is 2.22. The van der Waals surface area contributed by atoms with Gasteiger partial charge in [-0.15, -0.1) is 0 Å². The van der Waals surface area contributed by atoms with E-state index in [1.165, 1.54) is 12.1 Å². The van der Waals surface area contributed by atoms with E-state index in [9.17, 15) is 10.1 Å². The first-order valence-electron chi connectivity index (χ1n) is 5.55. The van der Waals surface area contributed by atoms with Crippen LogP contribution in [0.3, 0.4) is 0 Å². The minimum atomic E-state index is -0.447. The Morgan fingerprint density at radius 3 is 2.59 bits per heavy atom. The average molecular weight is 257 g/mol. The number of halogens is 1. The van der Waals surface area contributed by atoms with Gasteiger partial charge in [0.15, 0.2) is 0 Å². The van der Waals surface area contributed by atoms with Crippen molar-refractivity contribution in [2.75, 3.05) is 6.54 Å². The standard InChI is InChI=1S/C12H17ClN2O2/c1-3-12(2,8-14)7-9-4-5-10(15(16)17)6-11(9)13/h4-6H,3,7-8,14H2,1-2H3. The Morgan fingerprint density at radius 1 is 1.53 bits per heavy atom. The van der Waals surface area contributed by atoms with Gasteiger partial charge >= 0.3 is 0 Å². The molecule has 1 aromatic rings. The molecule has 0 aliphatic carbocycles. The van der Waals surface area contributed by atoms with E-state index in [0.29, 0.717) is 11.6 Å². The highest BCUT2D eigenvalue weighted by atomic mass is 35.5. The lowest BCUT2D eigenvalue weighted by Gasteiger charge is -2.26. The van der Waals surface area contributed by atoms with Crippen LogP contribution in [0.15, 0.2) is 18.2 Å². The molecule has 0 aromatic heterocycles. The number of hydrogen-bond acceptors (Lipinski definition) is 3. The predicted octanol–water partition coefficient (Wildman–Crippen LogP) is 3.17. The van der Waals surface area contributed by atoms with Crippen molar-refractivity contribution >= 4 is 17.3 Å². The van der Waals surface area contributed by atoms with Crippen LogP contribution in [-0.4, -0.2) is 11.5 Å². The fourth-order valence-electron chi connectivity index (χ4n) is 1.59. The first kappa shape index (κ1) is 13.9. The minimum absolute atomic E-state index is 0.0141. The zero-order chi connectivity index (χ0) is 13.1. The average Bonchev–Trinajstić information content (AvgIpc) is 2.31. The van der Waals surface area contributed by atoms with E-state index in [1.54, 1.807) is 6.07 Å². The second-order valence-corrected chi connectivity index (χ2v) is 4.99. The van der Waals surface area contributed by atoms with E-state index in [1.807, 2.05) is 0 Å². The lowest BCUT2D eigenvalue weighted by molar-refractivity contribution is -0.384. The summed E-state index contributed by atoms with van der Waals surface area (Å²) in [5, 5.41) is 11.0. The number of hydrogen-bond donors (Lipinski definition) is 1. The molecule has 1 rings (SSSR count). The summed E-state index contributed by atoms with van der Waals surface area (Å²) in [5.74, 6) is 0. The molecule has 0 aliphatic heterocycles. The molecule has 0 saturated heterocycles. The first-order chi connectivity index (χ1) is 7.91. The Bertz CT molecular complexity index is 417. The molecule has 0 saturated carbocycles. The van der Waals surface area contributed by atoms with Crippen LogP contribution in [0.4, 0.5) is 5.69 Å². The maximum absolute atomic E-state index is 10.6. The maximum atomic E-state index is 10.6. The smallest absolute Gasteiger partial charge is 0.270 e. The Hall–Kier alpha value is -1.13. The molecule has 1 aromatic carbocycles. The van der Waals surface area contributed by atoms with Crippen LogP contribution < -0.4 is 5.73 Å². The Labute approximate surface area is 106 Å². The summed E-state index contributed by atoms with van der Waals surface area (Å²) < 4.78 is 0. The lowest BCUT2D eigenvalue weighted by atomic mass is 9.81. The van der Waals surface area contributed by atoms with Crippen molar-refractivity contribution in [3.63, 3.8) is 0 Å². The summed E-state index contributed by atoms with van der Waals surface area (Å²) in [6.45, 7) is 4.73. The number of rotatable bonds is 5. The highest BCUT2D eigenvalue weighted by molar-refractivity contribution is 6.31. The largest absolute Gasteiger partial charge is 0.330 e. The molecule has 0 amide bonds. The molecule has 4 nitrogen and oxygen atoms in total. The first-order valence-corrected chi connectivity index (χ1v) is 5.92. The normalized spacial score (nSPS) is 14.4. The Balaban J connectivity index is 2.97. The molecule has 0 radical (unpaired) electrons. The molecule has 0 spiro atoms. The predicted molar refractivity (Wildman–Crippen MR) is 69.3 cm³/mol. The van der Waals surface area contributed by atoms with Crippen molar-refractivity contribution in [3.8, 4) is 0 Å². The van der Waals surface area contributed by atoms with Gasteiger partial charge in [0, 0.05) is 12.1 Å². The molecule has 17 heavy (non-hydrogen) atoms. The molecule has 0 fully saturated rings. The van der Waals surface area contributed by atoms with E-state index >= 15 is 0 Å². The lowest BCUT2D eigenvalue weighted by Crippen LogP contribution is -2.28. The number of nitro groups is 1. The van der Waals surface area contributed by atoms with Gasteiger partial charge in [0.1, 0.15) is 0 Å². The van der Waals surface area contributed by atoms with E-state index in [4.69, 9.17) is 17.3 Å². The van der Waals surface area contributed by atoms with Crippen molar-refractivity contribution < 1.29 is 4.92 Å². The van der Waals surface area contributed by atoms with Gasteiger partial charge < -0.3 is 5.73 Å². The fourth-order valence-corrected chi connectivity index (χ4v) is 1.84. The summed E-state index contributed by atoms with van der Waals surface area (Å²) in [6, 6.07) is 4.58. The number of non-ortho nitro benzene ring substituents is 1. The van der Waals surface area contributed by atoms with Gasteiger partial charge in [-0.1, -0.05) is 31.5 Å². The maximum Gasteiger partial charge on any atom is 0.270 e. The molecule has 0 bridgehead atoms. The number of nitro benzene ring substituents is 1. The highest BCUT2D eigenvalue weighted by Crippen LogP contribution is 2.30. The van der Waals surface area contributed by atoms with Gasteiger partial charge in [-0.25, -0.2) is 0 Å². The van der Waals surface area contributed by atoms with Gasteiger partial charge in [-0.05, 0) is 30.4 Å². The van der Waals surface area contributed by atoms with Gasteiger partial charge in [-0.2, -0.15) is 0 Å². The second kappa shape index (κ2) is 5.47. The Morgan fingerprint density at radius 2 is 2.18 bits per heavy atom. The zero-order valence-corrected chi connectivity index (χ0v) is 10.8. The van der Waals surface area contributed by atoms with Crippen LogP contribution >= 0.6 is 11.6 Å². The number of benzene rings is 1. The summed E-state index contributed by atoms with van der Waals surface area (Å²) in [4.78, 5) is 10.1. The molecule has 94 valence electrons. The number of nitrogens with two attached hydrogens (primary N) is 1. The van der Waals surface area contributed by atoms with Crippen LogP contribution in [0.1, 0.15) is 25.8 Å². The van der Waals surface area contributed by atoms with Crippen molar-refractivity contribution in [2.45, 2.75) is 26.7 Å². The zero-order valence-electron chi connectivity index (χ0n) is 10.1. The van der Waals surface area contributed by atoms with Crippen LogP contribution in [0.5, 0.6) is 0 Å². The molecule has 0 aliphatic rings. The van der Waals surface area contributed by atoms with E-state index in [0.717, 1.165) is 18.4 Å². The monoisotopic (exact) mass is 256 g/mol. The van der Waals surface area contributed by atoms with Crippen molar-refractivity contribution in [1.29, 1.82) is 0 Å². The quantitative estimate of drug-likeness (QED) is 0.650. The van der Waals surface area contributed by atoms with Crippen LogP contribution in [0, 0.1) is 15.5 Å². The summed E-state index contributed by atoms with van der Waals surface area (Å²) in [6.07, 6.45) is 1.67. The Kier molecular flexibility index (Phi) is 4.48. The molecule has 2 N–H and O–H groups in total. The van der Waals surface area contributed by atoms with E-state index < -0.39 is 4.92 Å². The van der Waals surface area contributed by atoms with Gasteiger partial charge in [0.2, 0.25) is 0 Å². The van der Waals surface area contributed by atoms with E-state index in [-0.39, 0.29) is 11.1 Å².